The highest BCUT2D eigenvalue weighted by Crippen LogP contribution is 2.12. The second kappa shape index (κ2) is 5.66. The third-order valence-electron chi connectivity index (χ3n) is 2.90. The topological polar surface area (TPSA) is 41.1 Å². The van der Waals surface area contributed by atoms with Crippen LogP contribution in [0.25, 0.3) is 0 Å². The average molecular weight is 218 g/mol. The Morgan fingerprint density at radius 3 is 2.81 bits per heavy atom. The molecule has 1 aliphatic rings. The molecule has 1 fully saturated rings. The third kappa shape index (κ3) is 3.35. The molecule has 1 amide bonds. The number of carbonyl (C=O) groups excluding carboxylic acids is 1. The molecule has 2 N–H and O–H groups in total. The van der Waals surface area contributed by atoms with Crippen molar-refractivity contribution in [2.75, 3.05) is 11.9 Å². The molecule has 1 aromatic rings. The van der Waals surface area contributed by atoms with Gasteiger partial charge in [0.2, 0.25) is 5.91 Å². The molecule has 0 spiro atoms. The van der Waals surface area contributed by atoms with Crippen LogP contribution in [0.2, 0.25) is 0 Å². The molecule has 0 aliphatic carbocycles. The van der Waals surface area contributed by atoms with Crippen LogP contribution in [0.5, 0.6) is 0 Å². The van der Waals surface area contributed by atoms with Crippen LogP contribution >= 0.6 is 0 Å². The summed E-state index contributed by atoms with van der Waals surface area (Å²) in [4.78, 5) is 11.7. The molecule has 0 unspecified atom stereocenters. The first-order chi connectivity index (χ1) is 7.84. The van der Waals surface area contributed by atoms with Crippen LogP contribution in [0, 0.1) is 0 Å². The Bertz CT molecular complexity index is 331. The Labute approximate surface area is 96.2 Å². The Balaban J connectivity index is 1.80. The zero-order valence-electron chi connectivity index (χ0n) is 9.41. The van der Waals surface area contributed by atoms with E-state index in [9.17, 15) is 4.79 Å². The van der Waals surface area contributed by atoms with E-state index in [0.29, 0.717) is 12.5 Å². The fraction of sp³-hybridized carbons (Fsp3) is 0.462. The summed E-state index contributed by atoms with van der Waals surface area (Å²) in [6.45, 7) is 1.04. The molecule has 0 aromatic heterocycles. The Kier molecular flexibility index (Phi) is 3.94. The summed E-state index contributed by atoms with van der Waals surface area (Å²) in [5.41, 5.74) is 0.878. The van der Waals surface area contributed by atoms with Crippen LogP contribution in [0.3, 0.4) is 0 Å². The van der Waals surface area contributed by atoms with Gasteiger partial charge in [0, 0.05) is 18.2 Å². The molecule has 0 radical (unpaired) electrons. The largest absolute Gasteiger partial charge is 0.326 e. The first-order valence-electron chi connectivity index (χ1n) is 5.93. The SMILES string of the molecule is O=C(C[C@H]1CCCCN1)Nc1ccccc1. The van der Waals surface area contributed by atoms with Gasteiger partial charge in [0.1, 0.15) is 0 Å². The highest BCUT2D eigenvalue weighted by atomic mass is 16.1. The highest BCUT2D eigenvalue weighted by Gasteiger charge is 2.15. The minimum atomic E-state index is 0.102. The summed E-state index contributed by atoms with van der Waals surface area (Å²) in [5.74, 6) is 0.102. The number of carbonyl (C=O) groups is 1. The lowest BCUT2D eigenvalue weighted by atomic mass is 10.0. The van der Waals surface area contributed by atoms with Crippen molar-refractivity contribution in [3.05, 3.63) is 30.3 Å². The fourth-order valence-corrected chi connectivity index (χ4v) is 2.06. The maximum atomic E-state index is 11.7. The van der Waals surface area contributed by atoms with Gasteiger partial charge in [0.15, 0.2) is 0 Å². The highest BCUT2D eigenvalue weighted by molar-refractivity contribution is 5.91. The van der Waals surface area contributed by atoms with E-state index >= 15 is 0 Å². The normalized spacial score (nSPS) is 20.4. The summed E-state index contributed by atoms with van der Waals surface area (Å²) >= 11 is 0. The molecule has 1 atom stereocenters. The lowest BCUT2D eigenvalue weighted by Crippen LogP contribution is -2.36. The number of hydrogen-bond acceptors (Lipinski definition) is 2. The van der Waals surface area contributed by atoms with E-state index in [2.05, 4.69) is 10.6 Å². The second-order valence-corrected chi connectivity index (χ2v) is 4.27. The van der Waals surface area contributed by atoms with Gasteiger partial charge in [-0.25, -0.2) is 0 Å². The number of para-hydroxylation sites is 1. The molecule has 3 nitrogen and oxygen atoms in total. The van der Waals surface area contributed by atoms with Crippen LogP contribution in [0.1, 0.15) is 25.7 Å². The summed E-state index contributed by atoms with van der Waals surface area (Å²) in [7, 11) is 0. The molecule has 2 rings (SSSR count). The van der Waals surface area contributed by atoms with Gasteiger partial charge in [0.25, 0.3) is 0 Å². The van der Waals surface area contributed by atoms with E-state index in [0.717, 1.165) is 18.7 Å². The second-order valence-electron chi connectivity index (χ2n) is 4.27. The minimum absolute atomic E-state index is 0.102. The van der Waals surface area contributed by atoms with Gasteiger partial charge in [-0.15, -0.1) is 0 Å². The van der Waals surface area contributed by atoms with E-state index in [-0.39, 0.29) is 5.91 Å². The van der Waals surface area contributed by atoms with Crippen molar-refractivity contribution in [1.29, 1.82) is 0 Å². The molecule has 1 heterocycles. The lowest BCUT2D eigenvalue weighted by molar-refractivity contribution is -0.116. The van der Waals surface area contributed by atoms with Crippen molar-refractivity contribution >= 4 is 11.6 Å². The van der Waals surface area contributed by atoms with Crippen molar-refractivity contribution in [3.8, 4) is 0 Å². The van der Waals surface area contributed by atoms with Gasteiger partial charge in [-0.2, -0.15) is 0 Å². The van der Waals surface area contributed by atoms with Crippen molar-refractivity contribution in [1.82, 2.24) is 5.32 Å². The van der Waals surface area contributed by atoms with Gasteiger partial charge in [0.05, 0.1) is 0 Å². The van der Waals surface area contributed by atoms with Crippen LogP contribution < -0.4 is 10.6 Å². The number of anilines is 1. The average Bonchev–Trinajstić information content (AvgIpc) is 2.31. The van der Waals surface area contributed by atoms with Crippen molar-refractivity contribution in [2.24, 2.45) is 0 Å². The van der Waals surface area contributed by atoms with Crippen molar-refractivity contribution < 1.29 is 4.79 Å². The van der Waals surface area contributed by atoms with Gasteiger partial charge in [-0.05, 0) is 31.5 Å². The quantitative estimate of drug-likeness (QED) is 0.816. The van der Waals surface area contributed by atoms with E-state index in [1.165, 1.54) is 12.8 Å². The molecule has 1 saturated heterocycles. The van der Waals surface area contributed by atoms with E-state index in [4.69, 9.17) is 0 Å². The molecule has 1 aliphatic heterocycles. The molecule has 16 heavy (non-hydrogen) atoms. The van der Waals surface area contributed by atoms with Crippen molar-refractivity contribution in [3.63, 3.8) is 0 Å². The first kappa shape index (κ1) is 11.1. The maximum absolute atomic E-state index is 11.7. The summed E-state index contributed by atoms with van der Waals surface area (Å²) in [6.07, 6.45) is 4.16. The molecule has 1 aromatic carbocycles. The molecular formula is C13H18N2O. The molecule has 86 valence electrons. The molecule has 3 heteroatoms. The van der Waals surface area contributed by atoms with Crippen LogP contribution in [0.15, 0.2) is 30.3 Å². The number of amides is 1. The summed E-state index contributed by atoms with van der Waals surface area (Å²) in [5, 5.41) is 6.29. The zero-order chi connectivity index (χ0) is 11.2. The maximum Gasteiger partial charge on any atom is 0.225 e. The zero-order valence-corrected chi connectivity index (χ0v) is 9.41. The molecular weight excluding hydrogens is 200 g/mol. The fourth-order valence-electron chi connectivity index (χ4n) is 2.06. The summed E-state index contributed by atoms with van der Waals surface area (Å²) in [6, 6.07) is 9.97. The van der Waals surface area contributed by atoms with Gasteiger partial charge >= 0.3 is 0 Å². The van der Waals surface area contributed by atoms with Gasteiger partial charge in [-0.3, -0.25) is 4.79 Å². The predicted octanol–water partition coefficient (Wildman–Crippen LogP) is 2.16. The Morgan fingerprint density at radius 2 is 2.12 bits per heavy atom. The molecule has 0 saturated carbocycles. The van der Waals surface area contributed by atoms with Crippen LogP contribution in [-0.4, -0.2) is 18.5 Å². The number of rotatable bonds is 3. The van der Waals surface area contributed by atoms with Crippen LogP contribution in [0.4, 0.5) is 5.69 Å². The van der Waals surface area contributed by atoms with E-state index in [1.807, 2.05) is 30.3 Å². The van der Waals surface area contributed by atoms with Crippen molar-refractivity contribution in [2.45, 2.75) is 31.7 Å². The van der Waals surface area contributed by atoms with E-state index in [1.54, 1.807) is 0 Å². The Morgan fingerprint density at radius 1 is 1.31 bits per heavy atom. The minimum Gasteiger partial charge on any atom is -0.326 e. The Hall–Kier alpha value is -1.35. The van der Waals surface area contributed by atoms with Gasteiger partial charge < -0.3 is 10.6 Å². The number of piperidine rings is 1. The predicted molar refractivity (Wildman–Crippen MR) is 65.3 cm³/mol. The van der Waals surface area contributed by atoms with Crippen LogP contribution in [-0.2, 0) is 4.79 Å². The monoisotopic (exact) mass is 218 g/mol. The van der Waals surface area contributed by atoms with E-state index < -0.39 is 0 Å². The number of hydrogen-bond donors (Lipinski definition) is 2. The third-order valence-corrected chi connectivity index (χ3v) is 2.90. The number of benzene rings is 1. The standard InChI is InChI=1S/C13H18N2O/c16-13(10-12-8-4-5-9-14-12)15-11-6-2-1-3-7-11/h1-3,6-7,12,14H,4-5,8-10H2,(H,15,16)/t12-/m1/s1. The first-order valence-corrected chi connectivity index (χ1v) is 5.93. The smallest absolute Gasteiger partial charge is 0.225 e. The number of nitrogens with one attached hydrogen (secondary N) is 2. The lowest BCUT2D eigenvalue weighted by Gasteiger charge is -2.22. The summed E-state index contributed by atoms with van der Waals surface area (Å²) < 4.78 is 0. The van der Waals surface area contributed by atoms with Gasteiger partial charge in [-0.1, -0.05) is 24.6 Å². The molecule has 0 bridgehead atoms.